The van der Waals surface area contributed by atoms with E-state index in [1.54, 1.807) is 7.11 Å². The lowest BCUT2D eigenvalue weighted by atomic mass is 9.86. The van der Waals surface area contributed by atoms with Gasteiger partial charge in [0.05, 0.1) is 12.7 Å². The Hall–Kier alpha value is -1.06. The summed E-state index contributed by atoms with van der Waals surface area (Å²) in [5.41, 5.74) is 1.27. The molecule has 0 spiro atoms. The molecule has 1 aromatic rings. The van der Waals surface area contributed by atoms with Crippen LogP contribution in [0.2, 0.25) is 0 Å². The Bertz CT molecular complexity index is 400. The van der Waals surface area contributed by atoms with Gasteiger partial charge < -0.3 is 14.8 Å². The Morgan fingerprint density at radius 2 is 2.00 bits per heavy atom. The number of methoxy groups -OCH3 is 1. The second-order valence-electron chi connectivity index (χ2n) is 5.99. The van der Waals surface area contributed by atoms with Crippen LogP contribution in [0, 0.1) is 5.92 Å². The third kappa shape index (κ3) is 5.68. The zero-order chi connectivity index (χ0) is 14.9. The zero-order valence-corrected chi connectivity index (χ0v) is 13.4. The molecule has 3 nitrogen and oxygen atoms in total. The predicted octanol–water partition coefficient (Wildman–Crippen LogP) is 3.77. The molecule has 0 aliphatic heterocycles. The Balaban J connectivity index is 1.78. The van der Waals surface area contributed by atoms with Crippen molar-refractivity contribution in [1.29, 1.82) is 0 Å². The SMILES string of the molecule is CCC1CCC(Oc2cccc(CNCCOC)c2)CC1. The number of rotatable bonds is 8. The Morgan fingerprint density at radius 3 is 2.71 bits per heavy atom. The largest absolute Gasteiger partial charge is 0.490 e. The van der Waals surface area contributed by atoms with E-state index in [9.17, 15) is 0 Å². The lowest BCUT2D eigenvalue weighted by Gasteiger charge is -2.28. The summed E-state index contributed by atoms with van der Waals surface area (Å²) in [5.74, 6) is 1.93. The van der Waals surface area contributed by atoms with Crippen LogP contribution in [-0.2, 0) is 11.3 Å². The van der Waals surface area contributed by atoms with E-state index in [-0.39, 0.29) is 0 Å². The number of benzene rings is 1. The van der Waals surface area contributed by atoms with Crippen LogP contribution in [0.1, 0.15) is 44.6 Å². The van der Waals surface area contributed by atoms with E-state index in [0.29, 0.717) is 6.10 Å². The summed E-state index contributed by atoms with van der Waals surface area (Å²) in [6.45, 7) is 4.79. The molecule has 1 aromatic carbocycles. The van der Waals surface area contributed by atoms with Gasteiger partial charge in [0.1, 0.15) is 5.75 Å². The van der Waals surface area contributed by atoms with E-state index in [2.05, 4.69) is 36.5 Å². The summed E-state index contributed by atoms with van der Waals surface area (Å²) >= 11 is 0. The minimum Gasteiger partial charge on any atom is -0.490 e. The number of hydrogen-bond acceptors (Lipinski definition) is 3. The summed E-state index contributed by atoms with van der Waals surface area (Å²) < 4.78 is 11.2. The molecule has 0 bridgehead atoms. The predicted molar refractivity (Wildman–Crippen MR) is 86.7 cm³/mol. The topological polar surface area (TPSA) is 30.5 Å². The molecular formula is C18H29NO2. The summed E-state index contributed by atoms with van der Waals surface area (Å²) in [5, 5.41) is 3.37. The first-order valence-corrected chi connectivity index (χ1v) is 8.27. The maximum absolute atomic E-state index is 6.16. The van der Waals surface area contributed by atoms with Crippen molar-refractivity contribution in [2.45, 2.75) is 51.7 Å². The third-order valence-corrected chi connectivity index (χ3v) is 4.38. The van der Waals surface area contributed by atoms with Gasteiger partial charge in [-0.1, -0.05) is 25.5 Å². The van der Waals surface area contributed by atoms with Gasteiger partial charge in [0.25, 0.3) is 0 Å². The molecule has 21 heavy (non-hydrogen) atoms. The van der Waals surface area contributed by atoms with Gasteiger partial charge in [0, 0.05) is 20.2 Å². The van der Waals surface area contributed by atoms with Gasteiger partial charge in [-0.05, 0) is 49.3 Å². The van der Waals surface area contributed by atoms with E-state index in [4.69, 9.17) is 9.47 Å². The average Bonchev–Trinajstić information content (AvgIpc) is 2.53. The molecule has 2 rings (SSSR count). The fourth-order valence-electron chi connectivity index (χ4n) is 2.99. The normalized spacial score (nSPS) is 22.2. The van der Waals surface area contributed by atoms with E-state index < -0.39 is 0 Å². The lowest BCUT2D eigenvalue weighted by molar-refractivity contribution is 0.130. The highest BCUT2D eigenvalue weighted by atomic mass is 16.5. The molecule has 1 saturated carbocycles. The van der Waals surface area contributed by atoms with Crippen LogP contribution >= 0.6 is 0 Å². The fourth-order valence-corrected chi connectivity index (χ4v) is 2.99. The molecule has 0 unspecified atom stereocenters. The van der Waals surface area contributed by atoms with E-state index in [1.807, 2.05) is 0 Å². The summed E-state index contributed by atoms with van der Waals surface area (Å²) in [6, 6.07) is 8.46. The Kier molecular flexibility index (Phi) is 7.04. The highest BCUT2D eigenvalue weighted by Gasteiger charge is 2.21. The van der Waals surface area contributed by atoms with E-state index >= 15 is 0 Å². The monoisotopic (exact) mass is 291 g/mol. The smallest absolute Gasteiger partial charge is 0.120 e. The molecule has 1 N–H and O–H groups in total. The molecule has 0 saturated heterocycles. The maximum atomic E-state index is 6.16. The van der Waals surface area contributed by atoms with Crippen molar-refractivity contribution in [1.82, 2.24) is 5.32 Å². The van der Waals surface area contributed by atoms with Crippen LogP contribution in [0.4, 0.5) is 0 Å². The van der Waals surface area contributed by atoms with Gasteiger partial charge in [-0.15, -0.1) is 0 Å². The van der Waals surface area contributed by atoms with Crippen LogP contribution in [0.5, 0.6) is 5.75 Å². The van der Waals surface area contributed by atoms with Gasteiger partial charge in [0.15, 0.2) is 0 Å². The highest BCUT2D eigenvalue weighted by Crippen LogP contribution is 2.29. The first-order valence-electron chi connectivity index (χ1n) is 8.27. The van der Waals surface area contributed by atoms with E-state index in [0.717, 1.165) is 31.4 Å². The molecule has 0 aromatic heterocycles. The van der Waals surface area contributed by atoms with Crippen molar-refractivity contribution in [3.63, 3.8) is 0 Å². The van der Waals surface area contributed by atoms with Gasteiger partial charge in [-0.3, -0.25) is 0 Å². The van der Waals surface area contributed by atoms with Crippen LogP contribution < -0.4 is 10.1 Å². The number of nitrogens with one attached hydrogen (secondary N) is 1. The van der Waals surface area contributed by atoms with Gasteiger partial charge >= 0.3 is 0 Å². The van der Waals surface area contributed by atoms with Crippen LogP contribution in [-0.4, -0.2) is 26.4 Å². The van der Waals surface area contributed by atoms with Crippen molar-refractivity contribution in [3.8, 4) is 5.75 Å². The minimum absolute atomic E-state index is 0.407. The molecule has 0 radical (unpaired) electrons. The van der Waals surface area contributed by atoms with Gasteiger partial charge in [-0.2, -0.15) is 0 Å². The summed E-state index contributed by atoms with van der Waals surface area (Å²) in [6.07, 6.45) is 6.77. The molecule has 0 amide bonds. The molecule has 118 valence electrons. The second kappa shape index (κ2) is 9.06. The minimum atomic E-state index is 0.407. The molecule has 1 aliphatic carbocycles. The summed E-state index contributed by atoms with van der Waals surface area (Å²) in [7, 11) is 1.73. The molecule has 3 heteroatoms. The summed E-state index contributed by atoms with van der Waals surface area (Å²) in [4.78, 5) is 0. The van der Waals surface area contributed by atoms with Crippen molar-refractivity contribution < 1.29 is 9.47 Å². The molecule has 1 fully saturated rings. The quantitative estimate of drug-likeness (QED) is 0.740. The first-order chi connectivity index (χ1) is 10.3. The molecule has 1 aliphatic rings. The third-order valence-electron chi connectivity index (χ3n) is 4.38. The van der Waals surface area contributed by atoms with Crippen molar-refractivity contribution in [2.24, 2.45) is 5.92 Å². The highest BCUT2D eigenvalue weighted by molar-refractivity contribution is 5.28. The standard InChI is InChI=1S/C18H29NO2/c1-3-15-7-9-17(10-8-15)21-18-6-4-5-16(13-18)14-19-11-12-20-2/h4-6,13,15,17,19H,3,7-12,14H2,1-2H3. The van der Waals surface area contributed by atoms with Crippen LogP contribution in [0.15, 0.2) is 24.3 Å². The first kappa shape index (κ1) is 16.3. The second-order valence-corrected chi connectivity index (χ2v) is 5.99. The Morgan fingerprint density at radius 1 is 1.19 bits per heavy atom. The van der Waals surface area contributed by atoms with Crippen molar-refractivity contribution in [3.05, 3.63) is 29.8 Å². The Labute approximate surface area is 129 Å². The van der Waals surface area contributed by atoms with Gasteiger partial charge in [0.2, 0.25) is 0 Å². The molecule has 0 atom stereocenters. The fraction of sp³-hybridized carbons (Fsp3) is 0.667. The zero-order valence-electron chi connectivity index (χ0n) is 13.4. The number of ether oxygens (including phenoxy) is 2. The lowest BCUT2D eigenvalue weighted by Crippen LogP contribution is -2.24. The maximum Gasteiger partial charge on any atom is 0.120 e. The van der Waals surface area contributed by atoms with Crippen LogP contribution in [0.3, 0.4) is 0 Å². The average molecular weight is 291 g/mol. The number of hydrogen-bond donors (Lipinski definition) is 1. The van der Waals surface area contributed by atoms with Crippen LogP contribution in [0.25, 0.3) is 0 Å². The van der Waals surface area contributed by atoms with Crippen molar-refractivity contribution in [2.75, 3.05) is 20.3 Å². The van der Waals surface area contributed by atoms with E-state index in [1.165, 1.54) is 37.7 Å². The molecule has 0 heterocycles. The molecular weight excluding hydrogens is 262 g/mol. The van der Waals surface area contributed by atoms with Crippen molar-refractivity contribution >= 4 is 0 Å². The van der Waals surface area contributed by atoms with Gasteiger partial charge in [-0.25, -0.2) is 0 Å².